The van der Waals surface area contributed by atoms with Crippen LogP contribution in [0.2, 0.25) is 5.02 Å². The van der Waals surface area contributed by atoms with Crippen molar-refractivity contribution < 1.29 is 18.3 Å². The molecule has 0 spiro atoms. The van der Waals surface area contributed by atoms with Gasteiger partial charge in [0.1, 0.15) is 11.6 Å². The topological polar surface area (TPSA) is 77.2 Å². The lowest BCUT2D eigenvalue weighted by molar-refractivity contribution is -0.113. The second-order valence-corrected chi connectivity index (χ2v) is 6.81. The van der Waals surface area contributed by atoms with Crippen LogP contribution in [0.3, 0.4) is 0 Å². The predicted molar refractivity (Wildman–Crippen MR) is 101 cm³/mol. The molecule has 0 unspecified atom stereocenters. The molecule has 0 aliphatic carbocycles. The molecule has 140 valence electrons. The number of benzene rings is 2. The second kappa shape index (κ2) is 8.88. The highest BCUT2D eigenvalue weighted by atomic mass is 35.5. The molecule has 0 fully saturated rings. The molecule has 1 heterocycles. The monoisotopic (exact) mass is 407 g/mol. The first-order chi connectivity index (χ1) is 13.0. The van der Waals surface area contributed by atoms with Crippen molar-refractivity contribution in [2.45, 2.75) is 11.6 Å². The molecule has 2 aromatic carbocycles. The number of anilines is 1. The average molecular weight is 408 g/mol. The van der Waals surface area contributed by atoms with Gasteiger partial charge in [-0.3, -0.25) is 4.79 Å². The molecule has 0 saturated carbocycles. The molecule has 3 aromatic rings. The van der Waals surface area contributed by atoms with E-state index in [1.54, 1.807) is 7.11 Å². The summed E-state index contributed by atoms with van der Waals surface area (Å²) >= 11 is 6.86. The number of nitrogens with zero attached hydrogens (tertiary/aromatic N) is 2. The van der Waals surface area contributed by atoms with Crippen molar-refractivity contribution in [3.63, 3.8) is 0 Å². The molecule has 1 aromatic heterocycles. The fourth-order valence-corrected chi connectivity index (χ4v) is 2.95. The number of hydrogen-bond donors (Lipinski definition) is 1. The van der Waals surface area contributed by atoms with E-state index in [1.165, 1.54) is 18.2 Å². The number of hydrogen-bond acceptors (Lipinski definition) is 6. The Labute approximate surface area is 164 Å². The largest absolute Gasteiger partial charge is 0.497 e. The average Bonchev–Trinajstić information content (AvgIpc) is 3.11. The molecule has 0 atom stereocenters. The first-order valence-corrected chi connectivity index (χ1v) is 9.23. The van der Waals surface area contributed by atoms with Gasteiger partial charge in [-0.25, -0.2) is 4.39 Å². The zero-order valence-corrected chi connectivity index (χ0v) is 15.8. The van der Waals surface area contributed by atoms with Crippen LogP contribution in [0, 0.1) is 5.82 Å². The van der Waals surface area contributed by atoms with Crippen LogP contribution in [0.15, 0.2) is 52.1 Å². The predicted octanol–water partition coefficient (Wildman–Crippen LogP) is 4.19. The van der Waals surface area contributed by atoms with Crippen molar-refractivity contribution in [1.82, 2.24) is 10.2 Å². The maximum absolute atomic E-state index is 13.6. The lowest BCUT2D eigenvalue weighted by Crippen LogP contribution is -2.15. The van der Waals surface area contributed by atoms with Crippen LogP contribution in [0.1, 0.15) is 11.5 Å². The number of halogens is 2. The third-order valence-corrected chi connectivity index (χ3v) is 4.55. The summed E-state index contributed by atoms with van der Waals surface area (Å²) in [6.45, 7) is 0. The van der Waals surface area contributed by atoms with Crippen LogP contribution < -0.4 is 10.1 Å². The maximum Gasteiger partial charge on any atom is 0.277 e. The summed E-state index contributed by atoms with van der Waals surface area (Å²) in [5.41, 5.74) is 1.02. The number of ether oxygens (including phenoxy) is 1. The number of thioether (sulfide) groups is 1. The van der Waals surface area contributed by atoms with E-state index in [9.17, 15) is 9.18 Å². The molecule has 0 aliphatic rings. The molecule has 1 amide bonds. The van der Waals surface area contributed by atoms with E-state index < -0.39 is 11.7 Å². The normalized spacial score (nSPS) is 10.6. The molecule has 6 nitrogen and oxygen atoms in total. The lowest BCUT2D eigenvalue weighted by atomic mass is 10.1. The summed E-state index contributed by atoms with van der Waals surface area (Å²) in [5.74, 6) is 0.232. The smallest absolute Gasteiger partial charge is 0.277 e. The van der Waals surface area contributed by atoms with Crippen LogP contribution in [0.4, 0.5) is 10.1 Å². The molecule has 0 bridgehead atoms. The van der Waals surface area contributed by atoms with Gasteiger partial charge in [0.2, 0.25) is 11.8 Å². The Morgan fingerprint density at radius 3 is 2.78 bits per heavy atom. The van der Waals surface area contributed by atoms with Gasteiger partial charge in [-0.2, -0.15) is 0 Å². The Bertz CT molecular complexity index is 934. The van der Waals surface area contributed by atoms with Crippen LogP contribution >= 0.6 is 23.4 Å². The van der Waals surface area contributed by atoms with Gasteiger partial charge in [-0.1, -0.05) is 35.5 Å². The van der Waals surface area contributed by atoms with E-state index in [2.05, 4.69) is 15.5 Å². The molecule has 3 rings (SSSR count). The van der Waals surface area contributed by atoms with Crippen molar-refractivity contribution in [3.8, 4) is 5.75 Å². The highest BCUT2D eigenvalue weighted by molar-refractivity contribution is 7.99. The molecule has 1 N–H and O–H groups in total. The zero-order chi connectivity index (χ0) is 19.2. The quantitative estimate of drug-likeness (QED) is 0.592. The van der Waals surface area contributed by atoms with Gasteiger partial charge >= 0.3 is 0 Å². The molecule has 0 radical (unpaired) electrons. The first kappa shape index (κ1) is 19.2. The summed E-state index contributed by atoms with van der Waals surface area (Å²) in [7, 11) is 1.60. The Balaban J connectivity index is 1.52. The minimum absolute atomic E-state index is 0.00385. The highest BCUT2D eigenvalue weighted by Crippen LogP contribution is 2.22. The van der Waals surface area contributed by atoms with E-state index in [1.807, 2.05) is 24.3 Å². The molecule has 27 heavy (non-hydrogen) atoms. The molecule has 9 heteroatoms. The van der Waals surface area contributed by atoms with Crippen molar-refractivity contribution in [3.05, 3.63) is 64.8 Å². The molecular weight excluding hydrogens is 393 g/mol. The highest BCUT2D eigenvalue weighted by Gasteiger charge is 2.12. The minimum atomic E-state index is -0.558. The van der Waals surface area contributed by atoms with Crippen molar-refractivity contribution in [1.29, 1.82) is 0 Å². The first-order valence-electron chi connectivity index (χ1n) is 7.86. The zero-order valence-electron chi connectivity index (χ0n) is 14.2. The van der Waals surface area contributed by atoms with Crippen LogP contribution in [0.5, 0.6) is 5.75 Å². The van der Waals surface area contributed by atoms with Crippen LogP contribution in [-0.4, -0.2) is 29.0 Å². The summed E-state index contributed by atoms with van der Waals surface area (Å²) < 4.78 is 24.3. The van der Waals surface area contributed by atoms with E-state index in [-0.39, 0.29) is 16.7 Å². The fourth-order valence-electron chi connectivity index (χ4n) is 2.19. The van der Waals surface area contributed by atoms with Gasteiger partial charge in [0.25, 0.3) is 5.22 Å². The number of aromatic nitrogens is 2. The standard InChI is InChI=1S/C18H15ClFN3O3S/c1-25-13-5-2-11(3-6-13)8-17-22-23-18(26-17)27-10-16(24)21-15-9-12(19)4-7-14(15)20/h2-7,9H,8,10H2,1H3,(H,21,24). The number of carbonyl (C=O) groups is 1. The number of amides is 1. The van der Waals surface area contributed by atoms with Gasteiger partial charge in [0.05, 0.1) is 25.0 Å². The molecular formula is C18H15ClFN3O3S. The summed E-state index contributed by atoms with van der Waals surface area (Å²) in [6, 6.07) is 11.4. The van der Waals surface area contributed by atoms with Crippen molar-refractivity contribution >= 4 is 35.0 Å². The van der Waals surface area contributed by atoms with Gasteiger partial charge < -0.3 is 14.5 Å². The van der Waals surface area contributed by atoms with Gasteiger partial charge in [0, 0.05) is 5.02 Å². The lowest BCUT2D eigenvalue weighted by Gasteiger charge is -2.05. The SMILES string of the molecule is COc1ccc(Cc2nnc(SCC(=O)Nc3cc(Cl)ccc3F)o2)cc1. The van der Waals surface area contributed by atoms with Crippen molar-refractivity contribution in [2.75, 3.05) is 18.2 Å². The number of methoxy groups -OCH3 is 1. The van der Waals surface area contributed by atoms with Crippen molar-refractivity contribution in [2.24, 2.45) is 0 Å². The number of carbonyl (C=O) groups excluding carboxylic acids is 1. The maximum atomic E-state index is 13.6. The second-order valence-electron chi connectivity index (χ2n) is 5.45. The van der Waals surface area contributed by atoms with Gasteiger partial charge in [-0.05, 0) is 35.9 Å². The Kier molecular flexibility index (Phi) is 6.31. The third kappa shape index (κ3) is 5.45. The molecule has 0 saturated heterocycles. The van der Waals surface area contributed by atoms with Gasteiger partial charge in [-0.15, -0.1) is 10.2 Å². The molecule has 0 aliphatic heterocycles. The Morgan fingerprint density at radius 1 is 1.26 bits per heavy atom. The third-order valence-electron chi connectivity index (χ3n) is 3.49. The van der Waals surface area contributed by atoms with Crippen LogP contribution in [-0.2, 0) is 11.2 Å². The van der Waals surface area contributed by atoms with E-state index >= 15 is 0 Å². The van der Waals surface area contributed by atoms with E-state index in [0.29, 0.717) is 17.3 Å². The number of rotatable bonds is 7. The Hall–Kier alpha value is -2.58. The number of nitrogens with one attached hydrogen (secondary N) is 1. The summed E-state index contributed by atoms with van der Waals surface area (Å²) in [6.07, 6.45) is 0.470. The fraction of sp³-hybridized carbons (Fsp3) is 0.167. The Morgan fingerprint density at radius 2 is 2.04 bits per heavy atom. The summed E-state index contributed by atoms with van der Waals surface area (Å²) in [5, 5.41) is 10.9. The van der Waals surface area contributed by atoms with E-state index in [4.69, 9.17) is 20.8 Å². The minimum Gasteiger partial charge on any atom is -0.497 e. The van der Waals surface area contributed by atoms with Crippen LogP contribution in [0.25, 0.3) is 0 Å². The summed E-state index contributed by atoms with van der Waals surface area (Å²) in [4.78, 5) is 12.0. The van der Waals surface area contributed by atoms with E-state index in [0.717, 1.165) is 23.1 Å². The van der Waals surface area contributed by atoms with Gasteiger partial charge in [0.15, 0.2) is 0 Å².